The summed E-state index contributed by atoms with van der Waals surface area (Å²) >= 11 is 0. The molecule has 1 aromatic carbocycles. The number of rotatable bonds is 2. The second kappa shape index (κ2) is 4.31. The molecule has 0 saturated heterocycles. The van der Waals surface area contributed by atoms with Crippen molar-refractivity contribution in [2.24, 2.45) is 0 Å². The van der Waals surface area contributed by atoms with Gasteiger partial charge in [0.15, 0.2) is 0 Å². The molecule has 1 aliphatic rings. The zero-order valence-electron chi connectivity index (χ0n) is 9.27. The SMILES string of the molecule is C/C=C\C=C/C1=CC(C)c2ccccc21. The number of hydrogen-bond acceptors (Lipinski definition) is 0. The molecule has 0 spiro atoms. The van der Waals surface area contributed by atoms with Crippen LogP contribution in [0.4, 0.5) is 0 Å². The summed E-state index contributed by atoms with van der Waals surface area (Å²) in [5, 5.41) is 0. The Labute approximate surface area is 91.6 Å². The van der Waals surface area contributed by atoms with Crippen molar-refractivity contribution in [3.63, 3.8) is 0 Å². The van der Waals surface area contributed by atoms with E-state index in [4.69, 9.17) is 0 Å². The zero-order valence-corrected chi connectivity index (χ0v) is 9.27. The van der Waals surface area contributed by atoms with Gasteiger partial charge >= 0.3 is 0 Å². The lowest BCUT2D eigenvalue weighted by molar-refractivity contribution is 0.990. The van der Waals surface area contributed by atoms with Crippen molar-refractivity contribution in [1.82, 2.24) is 0 Å². The van der Waals surface area contributed by atoms with E-state index in [0.717, 1.165) is 0 Å². The van der Waals surface area contributed by atoms with E-state index >= 15 is 0 Å². The molecule has 0 radical (unpaired) electrons. The summed E-state index contributed by atoms with van der Waals surface area (Å²) in [5.41, 5.74) is 4.17. The van der Waals surface area contributed by atoms with Gasteiger partial charge in [-0.3, -0.25) is 0 Å². The van der Waals surface area contributed by atoms with E-state index in [-0.39, 0.29) is 0 Å². The third kappa shape index (κ3) is 1.94. The largest absolute Gasteiger partial charge is 0.0877 e. The Morgan fingerprint density at radius 1 is 1.13 bits per heavy atom. The van der Waals surface area contributed by atoms with E-state index in [9.17, 15) is 0 Å². The van der Waals surface area contributed by atoms with Gasteiger partial charge in [-0.1, -0.05) is 61.6 Å². The van der Waals surface area contributed by atoms with Crippen molar-refractivity contribution in [1.29, 1.82) is 0 Å². The number of hydrogen-bond donors (Lipinski definition) is 0. The van der Waals surface area contributed by atoms with Gasteiger partial charge < -0.3 is 0 Å². The third-order valence-electron chi connectivity index (χ3n) is 2.77. The standard InChI is InChI=1S/C15H16/c1-3-4-5-8-13-11-12(2)14-9-6-7-10-15(13)14/h3-12H,1-2H3/b4-3-,8-5-. The predicted molar refractivity (Wildman–Crippen MR) is 66.8 cm³/mol. The molecule has 1 atom stereocenters. The van der Waals surface area contributed by atoms with E-state index in [1.54, 1.807) is 0 Å². The normalized spacial score (nSPS) is 19.9. The predicted octanol–water partition coefficient (Wildman–Crippen LogP) is 4.32. The smallest absolute Gasteiger partial charge is 0.000492 e. The Kier molecular flexibility index (Phi) is 2.86. The lowest BCUT2D eigenvalue weighted by Crippen LogP contribution is -1.85. The third-order valence-corrected chi connectivity index (χ3v) is 2.77. The van der Waals surface area contributed by atoms with Crippen LogP contribution in [-0.4, -0.2) is 0 Å². The molecule has 0 N–H and O–H groups in total. The van der Waals surface area contributed by atoms with Crippen molar-refractivity contribution in [3.8, 4) is 0 Å². The van der Waals surface area contributed by atoms with Gasteiger partial charge in [-0.2, -0.15) is 0 Å². The lowest BCUT2D eigenvalue weighted by Gasteiger charge is -2.03. The number of fused-ring (bicyclic) bond motifs is 1. The maximum Gasteiger partial charge on any atom is 0.000492 e. The molecule has 0 amide bonds. The van der Waals surface area contributed by atoms with Gasteiger partial charge in [0, 0.05) is 5.92 Å². The second-order valence-corrected chi connectivity index (χ2v) is 3.88. The van der Waals surface area contributed by atoms with Crippen LogP contribution in [-0.2, 0) is 0 Å². The Morgan fingerprint density at radius 3 is 2.73 bits per heavy atom. The molecule has 0 bridgehead atoms. The fourth-order valence-electron chi connectivity index (χ4n) is 2.02. The van der Waals surface area contributed by atoms with Crippen LogP contribution in [0.25, 0.3) is 5.57 Å². The van der Waals surface area contributed by atoms with Crippen LogP contribution >= 0.6 is 0 Å². The first kappa shape index (κ1) is 9.97. The van der Waals surface area contributed by atoms with Crippen LogP contribution in [0, 0.1) is 0 Å². The lowest BCUT2D eigenvalue weighted by atomic mass is 10.0. The Balaban J connectivity index is 2.33. The van der Waals surface area contributed by atoms with E-state index in [0.29, 0.717) is 5.92 Å². The first-order valence-electron chi connectivity index (χ1n) is 5.43. The summed E-state index contributed by atoms with van der Waals surface area (Å²) in [6, 6.07) is 8.63. The molecule has 0 fully saturated rings. The Hall–Kier alpha value is -1.56. The monoisotopic (exact) mass is 196 g/mol. The highest BCUT2D eigenvalue weighted by Gasteiger charge is 2.16. The highest BCUT2D eigenvalue weighted by Crippen LogP contribution is 2.35. The first-order valence-corrected chi connectivity index (χ1v) is 5.43. The molecule has 2 rings (SSSR count). The topological polar surface area (TPSA) is 0 Å². The summed E-state index contributed by atoms with van der Waals surface area (Å²) in [7, 11) is 0. The number of allylic oxidation sites excluding steroid dienone is 6. The highest BCUT2D eigenvalue weighted by molar-refractivity contribution is 5.81. The van der Waals surface area contributed by atoms with Crippen molar-refractivity contribution in [2.75, 3.05) is 0 Å². The van der Waals surface area contributed by atoms with Gasteiger partial charge in [0.1, 0.15) is 0 Å². The van der Waals surface area contributed by atoms with Gasteiger partial charge in [0.25, 0.3) is 0 Å². The average Bonchev–Trinajstić information content (AvgIpc) is 2.58. The second-order valence-electron chi connectivity index (χ2n) is 3.88. The summed E-state index contributed by atoms with van der Waals surface area (Å²) in [4.78, 5) is 0. The Bertz CT molecular complexity index is 433. The molecule has 0 aliphatic heterocycles. The van der Waals surface area contributed by atoms with E-state index < -0.39 is 0 Å². The summed E-state index contributed by atoms with van der Waals surface area (Å²) < 4.78 is 0. The zero-order chi connectivity index (χ0) is 10.7. The van der Waals surface area contributed by atoms with Gasteiger partial charge in [0.2, 0.25) is 0 Å². The van der Waals surface area contributed by atoms with Crippen molar-refractivity contribution < 1.29 is 0 Å². The minimum Gasteiger partial charge on any atom is -0.0877 e. The molecule has 0 saturated carbocycles. The quantitative estimate of drug-likeness (QED) is 0.618. The highest BCUT2D eigenvalue weighted by atomic mass is 14.2. The molecule has 76 valence electrons. The van der Waals surface area contributed by atoms with Crippen LogP contribution in [0.15, 0.2) is 54.6 Å². The molecule has 0 nitrogen and oxygen atoms in total. The van der Waals surface area contributed by atoms with Gasteiger partial charge in [-0.15, -0.1) is 0 Å². The van der Waals surface area contributed by atoms with E-state index in [2.05, 4.69) is 55.5 Å². The summed E-state index contributed by atoms with van der Waals surface area (Å²) in [6.45, 7) is 4.28. The number of benzene rings is 1. The van der Waals surface area contributed by atoms with Crippen molar-refractivity contribution >= 4 is 5.57 Å². The maximum atomic E-state index is 2.32. The van der Waals surface area contributed by atoms with E-state index in [1.807, 2.05) is 13.0 Å². The molecule has 0 heterocycles. The van der Waals surface area contributed by atoms with Gasteiger partial charge in [0.05, 0.1) is 0 Å². The summed E-state index contributed by atoms with van der Waals surface area (Å²) in [6.07, 6.45) is 10.7. The minimum atomic E-state index is 0.548. The van der Waals surface area contributed by atoms with Crippen LogP contribution in [0.3, 0.4) is 0 Å². The molecule has 1 unspecified atom stereocenters. The van der Waals surface area contributed by atoms with Gasteiger partial charge in [-0.25, -0.2) is 0 Å². The van der Waals surface area contributed by atoms with Crippen LogP contribution in [0.2, 0.25) is 0 Å². The first-order chi connectivity index (χ1) is 7.33. The summed E-state index contributed by atoms with van der Waals surface area (Å²) in [5.74, 6) is 0.548. The average molecular weight is 196 g/mol. The fraction of sp³-hybridized carbons (Fsp3) is 0.200. The molecular weight excluding hydrogens is 180 g/mol. The maximum absolute atomic E-state index is 2.32. The molecule has 15 heavy (non-hydrogen) atoms. The molecule has 0 heteroatoms. The van der Waals surface area contributed by atoms with Gasteiger partial charge in [-0.05, 0) is 23.6 Å². The minimum absolute atomic E-state index is 0.548. The van der Waals surface area contributed by atoms with Crippen LogP contribution < -0.4 is 0 Å². The van der Waals surface area contributed by atoms with Crippen molar-refractivity contribution in [2.45, 2.75) is 19.8 Å². The molecule has 0 aromatic heterocycles. The molecule has 1 aliphatic carbocycles. The molecule has 1 aromatic rings. The fourth-order valence-corrected chi connectivity index (χ4v) is 2.02. The van der Waals surface area contributed by atoms with Crippen molar-refractivity contribution in [3.05, 3.63) is 65.8 Å². The van der Waals surface area contributed by atoms with Crippen LogP contribution in [0.5, 0.6) is 0 Å². The Morgan fingerprint density at radius 2 is 1.93 bits per heavy atom. The molecular formula is C15H16. The van der Waals surface area contributed by atoms with E-state index in [1.165, 1.54) is 16.7 Å². The van der Waals surface area contributed by atoms with Crippen LogP contribution in [0.1, 0.15) is 30.9 Å².